The monoisotopic (exact) mass is 392 g/mol. The number of aromatic nitrogens is 1. The summed E-state index contributed by atoms with van der Waals surface area (Å²) in [6.45, 7) is 0.945. The lowest BCUT2D eigenvalue weighted by Gasteiger charge is -2.62. The molecule has 5 heteroatoms. The van der Waals surface area contributed by atoms with Crippen LogP contribution in [0.3, 0.4) is 0 Å². The number of phenolic OH excluding ortho intramolecular Hbond substituents is 1. The summed E-state index contributed by atoms with van der Waals surface area (Å²) in [7, 11) is 4.34. The van der Waals surface area contributed by atoms with Gasteiger partial charge in [0.25, 0.3) is 0 Å². The second-order valence-corrected chi connectivity index (χ2v) is 10.0. The lowest BCUT2D eigenvalue weighted by Crippen LogP contribution is -2.74. The minimum absolute atomic E-state index is 0.0814. The van der Waals surface area contributed by atoms with E-state index in [9.17, 15) is 10.2 Å². The molecule has 3 heterocycles. The van der Waals surface area contributed by atoms with Crippen LogP contribution in [0.2, 0.25) is 0 Å². The number of benzene rings is 1. The van der Waals surface area contributed by atoms with Gasteiger partial charge in [-0.3, -0.25) is 0 Å². The number of likely N-dealkylation sites (N-methyl/N-ethyl adjacent to an activating group) is 1. The molecule has 0 saturated carbocycles. The van der Waals surface area contributed by atoms with Gasteiger partial charge in [-0.2, -0.15) is 0 Å². The molecule has 3 aliphatic carbocycles. The first-order valence-electron chi connectivity index (χ1n) is 11.1. The fourth-order valence-electron chi connectivity index (χ4n) is 7.81. The molecule has 1 spiro atoms. The molecule has 1 aromatic carbocycles. The predicted octanol–water partition coefficient (Wildman–Crippen LogP) is 2.53. The van der Waals surface area contributed by atoms with Crippen molar-refractivity contribution in [1.29, 1.82) is 0 Å². The SMILES string of the molecule is CN1CC[C@]23c4c5ccc(O)c4OC2c2c(c4c(n2C)CCCC4)C[C@@]3(O)C1C5. The largest absolute Gasteiger partial charge is 0.504 e. The lowest BCUT2D eigenvalue weighted by atomic mass is 9.49. The maximum Gasteiger partial charge on any atom is 0.166 e. The van der Waals surface area contributed by atoms with E-state index < -0.39 is 11.0 Å². The lowest BCUT2D eigenvalue weighted by molar-refractivity contribution is -0.168. The molecule has 2 unspecified atom stereocenters. The molecule has 2 bridgehead atoms. The number of aromatic hydroxyl groups is 1. The number of aliphatic hydroxyl groups is 1. The van der Waals surface area contributed by atoms with Crippen LogP contribution in [-0.4, -0.2) is 44.9 Å². The molecular weight excluding hydrogens is 364 g/mol. The molecule has 2 aromatic rings. The average Bonchev–Trinajstić information content (AvgIpc) is 3.19. The highest BCUT2D eigenvalue weighted by Crippen LogP contribution is 2.69. The Morgan fingerprint density at radius 3 is 2.83 bits per heavy atom. The van der Waals surface area contributed by atoms with E-state index in [1.54, 1.807) is 6.07 Å². The van der Waals surface area contributed by atoms with E-state index in [1.807, 2.05) is 0 Å². The Kier molecular flexibility index (Phi) is 2.90. The minimum Gasteiger partial charge on any atom is -0.504 e. The fourth-order valence-corrected chi connectivity index (χ4v) is 7.81. The van der Waals surface area contributed by atoms with E-state index in [4.69, 9.17) is 4.74 Å². The van der Waals surface area contributed by atoms with Crippen molar-refractivity contribution >= 4 is 0 Å². The predicted molar refractivity (Wildman–Crippen MR) is 109 cm³/mol. The van der Waals surface area contributed by atoms with Gasteiger partial charge < -0.3 is 24.4 Å². The second-order valence-electron chi connectivity index (χ2n) is 10.0. The first-order valence-corrected chi connectivity index (χ1v) is 11.1. The molecule has 4 atom stereocenters. The van der Waals surface area contributed by atoms with Crippen LogP contribution in [0.5, 0.6) is 11.5 Å². The zero-order valence-electron chi connectivity index (χ0n) is 17.2. The van der Waals surface area contributed by atoms with Gasteiger partial charge in [0.05, 0.1) is 16.7 Å². The number of ether oxygens (including phenoxy) is 1. The Morgan fingerprint density at radius 2 is 1.97 bits per heavy atom. The molecule has 5 nitrogen and oxygen atoms in total. The van der Waals surface area contributed by atoms with Crippen LogP contribution in [0.25, 0.3) is 0 Å². The van der Waals surface area contributed by atoms with Crippen molar-refractivity contribution in [3.8, 4) is 11.5 Å². The summed E-state index contributed by atoms with van der Waals surface area (Å²) in [5.74, 6) is 0.841. The summed E-state index contributed by atoms with van der Waals surface area (Å²) in [6, 6.07) is 3.91. The number of piperidine rings is 1. The molecule has 29 heavy (non-hydrogen) atoms. The van der Waals surface area contributed by atoms with Crippen LogP contribution in [0.1, 0.15) is 59.0 Å². The van der Waals surface area contributed by atoms with Gasteiger partial charge in [0.1, 0.15) is 0 Å². The Morgan fingerprint density at radius 1 is 1.14 bits per heavy atom. The van der Waals surface area contributed by atoms with E-state index >= 15 is 0 Å². The quantitative estimate of drug-likeness (QED) is 0.723. The van der Waals surface area contributed by atoms with E-state index in [0.717, 1.165) is 37.8 Å². The van der Waals surface area contributed by atoms with Gasteiger partial charge in [-0.05, 0) is 74.9 Å². The van der Waals surface area contributed by atoms with E-state index in [0.29, 0.717) is 12.2 Å². The number of likely N-dealkylation sites (tertiary alicyclic amines) is 1. The molecular formula is C24H28N2O3. The normalized spacial score (nSPS) is 36.2. The summed E-state index contributed by atoms with van der Waals surface area (Å²) in [4.78, 5) is 2.36. The maximum atomic E-state index is 12.5. The van der Waals surface area contributed by atoms with Crippen LogP contribution in [0.4, 0.5) is 0 Å². The first kappa shape index (κ1) is 16.8. The minimum atomic E-state index is -0.865. The fraction of sp³-hybridized carbons (Fsp3) is 0.583. The van der Waals surface area contributed by atoms with Crippen molar-refractivity contribution in [2.45, 2.75) is 68.1 Å². The summed E-state index contributed by atoms with van der Waals surface area (Å²) < 4.78 is 9.03. The highest BCUT2D eigenvalue weighted by molar-refractivity contribution is 5.65. The van der Waals surface area contributed by atoms with Crippen molar-refractivity contribution in [2.75, 3.05) is 13.6 Å². The Bertz CT molecular complexity index is 1090. The van der Waals surface area contributed by atoms with Gasteiger partial charge in [-0.1, -0.05) is 6.07 Å². The maximum absolute atomic E-state index is 12.5. The molecule has 152 valence electrons. The number of hydrogen-bond donors (Lipinski definition) is 2. The smallest absolute Gasteiger partial charge is 0.166 e. The number of rotatable bonds is 0. The van der Waals surface area contributed by atoms with Crippen molar-refractivity contribution in [3.63, 3.8) is 0 Å². The summed E-state index contributed by atoms with van der Waals surface area (Å²) in [5.41, 5.74) is 6.50. The number of hydrogen-bond acceptors (Lipinski definition) is 4. The Hall–Kier alpha value is -1.98. The van der Waals surface area contributed by atoms with Crippen LogP contribution < -0.4 is 4.74 Å². The molecule has 1 fully saturated rings. The van der Waals surface area contributed by atoms with Crippen molar-refractivity contribution < 1.29 is 14.9 Å². The van der Waals surface area contributed by atoms with Crippen LogP contribution in [0.15, 0.2) is 12.1 Å². The van der Waals surface area contributed by atoms with E-state index in [-0.39, 0.29) is 17.9 Å². The summed E-state index contributed by atoms with van der Waals surface area (Å²) in [6.07, 6.45) is 6.86. The third-order valence-electron chi connectivity index (χ3n) is 9.05. The standard InChI is InChI=1S/C24H28N2O3/c1-25-10-9-23-19-13-7-8-17(27)21(19)29-22(23)20-15(12-24(23,28)18(25)11-13)14-5-3-4-6-16(14)26(20)2/h7-8,18,22,27-28H,3-6,9-12H2,1-2H3/t18?,22?,23-,24+/m0/s1. The molecule has 7 rings (SSSR count). The molecule has 0 amide bonds. The third-order valence-corrected chi connectivity index (χ3v) is 9.05. The van der Waals surface area contributed by atoms with Gasteiger partial charge in [-0.15, -0.1) is 0 Å². The molecule has 2 aliphatic heterocycles. The Labute approximate surface area is 170 Å². The van der Waals surface area contributed by atoms with E-state index in [1.165, 1.54) is 40.9 Å². The summed E-state index contributed by atoms with van der Waals surface area (Å²) in [5, 5.41) is 23.2. The van der Waals surface area contributed by atoms with Crippen LogP contribution in [0, 0.1) is 0 Å². The van der Waals surface area contributed by atoms with Gasteiger partial charge in [-0.25, -0.2) is 0 Å². The number of phenols is 1. The number of nitrogens with zero attached hydrogens (tertiary/aromatic N) is 2. The van der Waals surface area contributed by atoms with Gasteiger partial charge in [0.2, 0.25) is 0 Å². The van der Waals surface area contributed by atoms with Crippen molar-refractivity contribution in [1.82, 2.24) is 9.47 Å². The molecule has 0 radical (unpaired) electrons. The molecule has 1 aromatic heterocycles. The van der Waals surface area contributed by atoms with E-state index in [2.05, 4.69) is 29.6 Å². The first-order chi connectivity index (χ1) is 14.0. The van der Waals surface area contributed by atoms with Gasteiger partial charge in [0.15, 0.2) is 17.6 Å². The molecule has 2 N–H and O–H groups in total. The Balaban J connectivity index is 1.59. The highest BCUT2D eigenvalue weighted by atomic mass is 16.5. The van der Waals surface area contributed by atoms with Crippen LogP contribution >= 0.6 is 0 Å². The third kappa shape index (κ3) is 1.63. The average molecular weight is 392 g/mol. The number of fused-ring (bicyclic) bond motifs is 4. The van der Waals surface area contributed by atoms with Gasteiger partial charge in [0, 0.05) is 30.8 Å². The van der Waals surface area contributed by atoms with Gasteiger partial charge >= 0.3 is 0 Å². The molecule has 5 aliphatic rings. The topological polar surface area (TPSA) is 57.9 Å². The zero-order valence-corrected chi connectivity index (χ0v) is 17.2. The second kappa shape index (κ2) is 5.01. The van der Waals surface area contributed by atoms with Crippen LogP contribution in [-0.2, 0) is 38.1 Å². The van der Waals surface area contributed by atoms with Crippen molar-refractivity contribution in [3.05, 3.63) is 45.8 Å². The highest BCUT2D eigenvalue weighted by Gasteiger charge is 2.72. The summed E-state index contributed by atoms with van der Waals surface area (Å²) >= 11 is 0. The molecule has 1 saturated heterocycles. The zero-order chi connectivity index (χ0) is 19.7. The van der Waals surface area contributed by atoms with Crippen molar-refractivity contribution in [2.24, 2.45) is 7.05 Å².